The quantitative estimate of drug-likeness (QED) is 0.342. The van der Waals surface area contributed by atoms with Crippen molar-refractivity contribution in [2.45, 2.75) is 32.7 Å². The number of benzene rings is 1. The van der Waals surface area contributed by atoms with E-state index < -0.39 is 0 Å². The second-order valence-corrected chi connectivity index (χ2v) is 10.7. The van der Waals surface area contributed by atoms with Gasteiger partial charge >= 0.3 is 6.03 Å². The molecule has 9 nitrogen and oxygen atoms in total. The van der Waals surface area contributed by atoms with E-state index in [9.17, 15) is 4.79 Å². The zero-order valence-corrected chi connectivity index (χ0v) is 24.2. The molecule has 4 aromatic rings. The first kappa shape index (κ1) is 28.9. The first-order valence-corrected chi connectivity index (χ1v) is 13.2. The van der Waals surface area contributed by atoms with Gasteiger partial charge in [-0.2, -0.15) is 5.10 Å². The van der Waals surface area contributed by atoms with E-state index in [4.69, 9.17) is 4.98 Å². The molecule has 2 amide bonds. The number of aromatic amines is 1. The SMILES string of the molecule is CC(C)[C@H]1CN(CC2CCN(C)CC2)C(=O)N1c1ccn2ncc(-c3ccc(-c4ncc[nH]4)cc3)c2n1.Cl.Cl. The van der Waals surface area contributed by atoms with Crippen LogP contribution in [0.2, 0.25) is 0 Å². The van der Waals surface area contributed by atoms with Gasteiger partial charge in [0, 0.05) is 42.8 Å². The zero-order chi connectivity index (χ0) is 25.5. The maximum atomic E-state index is 13.7. The molecule has 6 rings (SSSR count). The topological polar surface area (TPSA) is 85.7 Å². The number of aromatic nitrogens is 5. The summed E-state index contributed by atoms with van der Waals surface area (Å²) >= 11 is 0. The molecule has 5 heterocycles. The van der Waals surface area contributed by atoms with Gasteiger partial charge in [-0.05, 0) is 56.4 Å². The molecule has 39 heavy (non-hydrogen) atoms. The molecule has 0 bridgehead atoms. The third kappa shape index (κ3) is 5.62. The van der Waals surface area contributed by atoms with E-state index in [1.165, 1.54) is 0 Å². The molecule has 11 heteroatoms. The molecular formula is C28H36Cl2N8O. The van der Waals surface area contributed by atoms with Crippen LogP contribution in [0, 0.1) is 11.8 Å². The molecule has 2 aliphatic rings. The molecule has 0 radical (unpaired) electrons. The van der Waals surface area contributed by atoms with Crippen molar-refractivity contribution in [3.8, 4) is 22.5 Å². The number of hydrogen-bond acceptors (Lipinski definition) is 5. The third-order valence-electron chi connectivity index (χ3n) is 7.87. The molecule has 1 atom stereocenters. The Morgan fingerprint density at radius 2 is 1.77 bits per heavy atom. The maximum Gasteiger partial charge on any atom is 0.326 e. The Morgan fingerprint density at radius 1 is 1.05 bits per heavy atom. The van der Waals surface area contributed by atoms with Gasteiger partial charge in [-0.1, -0.05) is 38.1 Å². The van der Waals surface area contributed by atoms with Gasteiger partial charge in [-0.25, -0.2) is 19.3 Å². The molecule has 2 saturated heterocycles. The summed E-state index contributed by atoms with van der Waals surface area (Å²) in [6.07, 6.45) is 9.61. The number of piperidine rings is 1. The Bertz CT molecular complexity index is 1380. The fourth-order valence-electron chi connectivity index (χ4n) is 5.59. The number of fused-ring (bicyclic) bond motifs is 1. The van der Waals surface area contributed by atoms with Crippen molar-refractivity contribution in [1.29, 1.82) is 0 Å². The van der Waals surface area contributed by atoms with Crippen molar-refractivity contribution >= 4 is 42.3 Å². The number of anilines is 1. The van der Waals surface area contributed by atoms with E-state index >= 15 is 0 Å². The summed E-state index contributed by atoms with van der Waals surface area (Å²) in [7, 11) is 2.17. The van der Waals surface area contributed by atoms with Gasteiger partial charge < -0.3 is 14.8 Å². The smallest absolute Gasteiger partial charge is 0.326 e. The number of likely N-dealkylation sites (tertiary alicyclic amines) is 1. The van der Waals surface area contributed by atoms with Crippen LogP contribution in [0.15, 0.2) is 55.1 Å². The van der Waals surface area contributed by atoms with E-state index in [0.29, 0.717) is 17.7 Å². The van der Waals surface area contributed by atoms with Crippen molar-refractivity contribution in [3.63, 3.8) is 0 Å². The van der Waals surface area contributed by atoms with Crippen molar-refractivity contribution in [1.82, 2.24) is 34.4 Å². The first-order chi connectivity index (χ1) is 18.0. The summed E-state index contributed by atoms with van der Waals surface area (Å²) < 4.78 is 1.78. The Labute approximate surface area is 241 Å². The van der Waals surface area contributed by atoms with Crippen LogP contribution in [-0.2, 0) is 0 Å². The van der Waals surface area contributed by atoms with Crippen molar-refractivity contribution in [3.05, 3.63) is 55.1 Å². The Balaban J connectivity index is 0.00000176. The lowest BCUT2D eigenvalue weighted by Crippen LogP contribution is -2.40. The second kappa shape index (κ2) is 11.9. The van der Waals surface area contributed by atoms with Crippen LogP contribution >= 0.6 is 24.8 Å². The number of imidazole rings is 1. The highest BCUT2D eigenvalue weighted by atomic mass is 35.5. The lowest BCUT2D eigenvalue weighted by molar-refractivity contribution is 0.173. The van der Waals surface area contributed by atoms with Crippen LogP contribution in [0.25, 0.3) is 28.2 Å². The van der Waals surface area contributed by atoms with Gasteiger partial charge in [-0.3, -0.25) is 4.90 Å². The van der Waals surface area contributed by atoms with Crippen LogP contribution in [0.4, 0.5) is 10.6 Å². The van der Waals surface area contributed by atoms with Crippen molar-refractivity contribution in [2.75, 3.05) is 38.1 Å². The fourth-order valence-corrected chi connectivity index (χ4v) is 5.59. The van der Waals surface area contributed by atoms with Crippen LogP contribution in [0.3, 0.4) is 0 Å². The number of hydrogen-bond donors (Lipinski definition) is 1. The Morgan fingerprint density at radius 3 is 2.44 bits per heavy atom. The minimum atomic E-state index is 0. The number of carbonyl (C=O) groups excluding carboxylic acids is 1. The fraction of sp³-hybridized carbons (Fsp3) is 0.429. The largest absolute Gasteiger partial charge is 0.345 e. The summed E-state index contributed by atoms with van der Waals surface area (Å²) in [6.45, 7) is 8.16. The standard InChI is InChI=1S/C28H34N8O.2ClH/c1-19(2)24-18-34(17-20-8-13-33(3)14-9-20)28(37)36(24)25-10-15-35-27(32-25)23(16-31-35)21-4-6-22(7-5-21)26-29-11-12-30-26;;/h4-7,10-12,15-16,19-20,24H,8-9,13-14,17-18H2,1-3H3,(H,29,30);2*1H/t24-;;/m1../s1. The summed E-state index contributed by atoms with van der Waals surface area (Å²) in [5, 5.41) is 4.52. The zero-order valence-electron chi connectivity index (χ0n) is 22.5. The molecule has 1 aromatic carbocycles. The number of urea groups is 1. The molecule has 0 saturated carbocycles. The average molecular weight is 572 g/mol. The van der Waals surface area contributed by atoms with E-state index in [-0.39, 0.29) is 36.9 Å². The summed E-state index contributed by atoms with van der Waals surface area (Å²) in [4.78, 5) is 32.5. The molecule has 2 fully saturated rings. The number of carbonyl (C=O) groups is 1. The number of nitrogens with zero attached hydrogens (tertiary/aromatic N) is 7. The van der Waals surface area contributed by atoms with E-state index in [1.807, 2.05) is 41.7 Å². The van der Waals surface area contributed by atoms with Gasteiger partial charge in [-0.15, -0.1) is 24.8 Å². The minimum Gasteiger partial charge on any atom is -0.345 e. The van der Waals surface area contributed by atoms with Gasteiger partial charge in [0.05, 0.1) is 12.2 Å². The Kier molecular flexibility index (Phi) is 8.83. The molecule has 3 aromatic heterocycles. The van der Waals surface area contributed by atoms with Crippen molar-refractivity contribution in [2.24, 2.45) is 11.8 Å². The molecule has 0 aliphatic carbocycles. The molecule has 0 unspecified atom stereocenters. The van der Waals surface area contributed by atoms with Gasteiger partial charge in [0.1, 0.15) is 11.6 Å². The van der Waals surface area contributed by atoms with Gasteiger partial charge in [0.25, 0.3) is 0 Å². The molecule has 2 aliphatic heterocycles. The average Bonchev–Trinajstić information content (AvgIpc) is 3.65. The van der Waals surface area contributed by atoms with E-state index in [2.05, 4.69) is 57.9 Å². The maximum absolute atomic E-state index is 13.7. The highest BCUT2D eigenvalue weighted by Gasteiger charge is 2.41. The lowest BCUT2D eigenvalue weighted by atomic mass is 9.96. The number of H-pyrrole nitrogens is 1. The van der Waals surface area contributed by atoms with Crippen LogP contribution < -0.4 is 4.90 Å². The summed E-state index contributed by atoms with van der Waals surface area (Å²) in [5.74, 6) is 2.41. The monoisotopic (exact) mass is 570 g/mol. The van der Waals surface area contributed by atoms with Crippen LogP contribution in [-0.4, -0.2) is 79.7 Å². The summed E-state index contributed by atoms with van der Waals surface area (Å²) in [5.41, 5.74) is 3.72. The van der Waals surface area contributed by atoms with Crippen LogP contribution in [0.1, 0.15) is 26.7 Å². The minimum absolute atomic E-state index is 0. The predicted octanol–water partition coefficient (Wildman–Crippen LogP) is 5.24. The molecule has 208 valence electrons. The second-order valence-electron chi connectivity index (χ2n) is 10.7. The third-order valence-corrected chi connectivity index (χ3v) is 7.87. The van der Waals surface area contributed by atoms with E-state index in [1.54, 1.807) is 10.7 Å². The van der Waals surface area contributed by atoms with Gasteiger partial charge in [0.2, 0.25) is 0 Å². The lowest BCUT2D eigenvalue weighted by Gasteiger charge is -2.31. The normalized spacial score (nSPS) is 18.6. The summed E-state index contributed by atoms with van der Waals surface area (Å²) in [6, 6.07) is 10.3. The number of halogens is 2. The predicted molar refractivity (Wildman–Crippen MR) is 159 cm³/mol. The molecule has 1 N–H and O–H groups in total. The van der Waals surface area contributed by atoms with Gasteiger partial charge in [0.15, 0.2) is 5.65 Å². The number of rotatable bonds is 6. The highest BCUT2D eigenvalue weighted by molar-refractivity contribution is 5.94. The Hall–Kier alpha value is -3.14. The molecular weight excluding hydrogens is 535 g/mol. The van der Waals surface area contributed by atoms with Crippen molar-refractivity contribution < 1.29 is 4.79 Å². The number of nitrogens with one attached hydrogen (secondary N) is 1. The van der Waals surface area contributed by atoms with E-state index in [0.717, 1.165) is 67.2 Å². The highest BCUT2D eigenvalue weighted by Crippen LogP contribution is 2.32. The van der Waals surface area contributed by atoms with Crippen LogP contribution in [0.5, 0.6) is 0 Å². The first-order valence-electron chi connectivity index (χ1n) is 13.2. The molecule has 0 spiro atoms. The number of amides is 2.